The van der Waals surface area contributed by atoms with E-state index in [1.807, 2.05) is 6.92 Å². The summed E-state index contributed by atoms with van der Waals surface area (Å²) in [6.45, 7) is 6.47. The van der Waals surface area contributed by atoms with Crippen molar-refractivity contribution in [3.05, 3.63) is 0 Å². The van der Waals surface area contributed by atoms with Crippen molar-refractivity contribution < 1.29 is 14.3 Å². The highest BCUT2D eigenvalue weighted by atomic mass is 16.6. The van der Waals surface area contributed by atoms with Gasteiger partial charge in [0.15, 0.2) is 0 Å². The van der Waals surface area contributed by atoms with Gasteiger partial charge in [0.25, 0.3) is 0 Å². The topological polar surface area (TPSA) is 61.5 Å². The lowest BCUT2D eigenvalue weighted by Gasteiger charge is -2.12. The van der Waals surface area contributed by atoms with E-state index in [1.165, 1.54) is 0 Å². The van der Waals surface area contributed by atoms with E-state index >= 15 is 0 Å². The number of carbonyl (C=O) groups excluding carboxylic acids is 1. The highest BCUT2D eigenvalue weighted by Crippen LogP contribution is 2.14. The second kappa shape index (κ2) is 11.9. The standard InChI is InChI=1S/C13H27NO3/c1-3-9-16-10-11-17-13(15)6-5-12(4-2)7-8-14/h12H,3-11,14H2,1-2H3. The smallest absolute Gasteiger partial charge is 0.305 e. The van der Waals surface area contributed by atoms with Crippen LogP contribution in [-0.4, -0.2) is 32.3 Å². The molecule has 0 bridgehead atoms. The third kappa shape index (κ3) is 10.3. The molecule has 2 N–H and O–H groups in total. The fourth-order valence-corrected chi connectivity index (χ4v) is 1.64. The van der Waals surface area contributed by atoms with E-state index in [2.05, 4.69) is 6.92 Å². The predicted molar refractivity (Wildman–Crippen MR) is 68.8 cm³/mol. The molecular weight excluding hydrogens is 218 g/mol. The van der Waals surface area contributed by atoms with Gasteiger partial charge in [0.1, 0.15) is 6.61 Å². The van der Waals surface area contributed by atoms with E-state index < -0.39 is 0 Å². The van der Waals surface area contributed by atoms with Crippen molar-refractivity contribution in [2.75, 3.05) is 26.4 Å². The number of rotatable bonds is 11. The Labute approximate surface area is 105 Å². The quantitative estimate of drug-likeness (QED) is 0.447. The van der Waals surface area contributed by atoms with Crippen LogP contribution in [0.25, 0.3) is 0 Å². The Kier molecular flexibility index (Phi) is 11.4. The molecule has 1 unspecified atom stereocenters. The van der Waals surface area contributed by atoms with Crippen molar-refractivity contribution in [1.29, 1.82) is 0 Å². The number of hydrogen-bond acceptors (Lipinski definition) is 4. The molecule has 0 aromatic carbocycles. The van der Waals surface area contributed by atoms with E-state index in [-0.39, 0.29) is 5.97 Å². The zero-order valence-corrected chi connectivity index (χ0v) is 11.2. The van der Waals surface area contributed by atoms with Gasteiger partial charge in [-0.2, -0.15) is 0 Å². The number of carbonyl (C=O) groups is 1. The van der Waals surface area contributed by atoms with Crippen molar-refractivity contribution >= 4 is 5.97 Å². The van der Waals surface area contributed by atoms with Crippen LogP contribution in [0.4, 0.5) is 0 Å². The van der Waals surface area contributed by atoms with E-state index in [0.29, 0.717) is 32.1 Å². The molecule has 0 spiro atoms. The van der Waals surface area contributed by atoms with Gasteiger partial charge in [-0.15, -0.1) is 0 Å². The molecule has 17 heavy (non-hydrogen) atoms. The Balaban J connectivity index is 3.44. The lowest BCUT2D eigenvalue weighted by molar-refractivity contribution is -0.145. The molecule has 1 atom stereocenters. The maximum absolute atomic E-state index is 11.4. The number of esters is 1. The van der Waals surface area contributed by atoms with Gasteiger partial charge in [-0.1, -0.05) is 20.3 Å². The molecule has 0 radical (unpaired) electrons. The Morgan fingerprint density at radius 3 is 2.53 bits per heavy atom. The average molecular weight is 245 g/mol. The van der Waals surface area contributed by atoms with Crippen LogP contribution in [0.3, 0.4) is 0 Å². The molecule has 0 aliphatic heterocycles. The van der Waals surface area contributed by atoms with Gasteiger partial charge in [0.05, 0.1) is 6.61 Å². The fourth-order valence-electron chi connectivity index (χ4n) is 1.64. The van der Waals surface area contributed by atoms with Crippen LogP contribution < -0.4 is 5.73 Å². The molecule has 0 aliphatic rings. The summed E-state index contributed by atoms with van der Waals surface area (Å²) in [6, 6.07) is 0. The van der Waals surface area contributed by atoms with Gasteiger partial charge in [-0.25, -0.2) is 0 Å². The van der Waals surface area contributed by atoms with Gasteiger partial charge in [-0.05, 0) is 31.7 Å². The van der Waals surface area contributed by atoms with Gasteiger partial charge < -0.3 is 15.2 Å². The van der Waals surface area contributed by atoms with Crippen molar-refractivity contribution in [3.8, 4) is 0 Å². The van der Waals surface area contributed by atoms with Gasteiger partial charge in [0.2, 0.25) is 0 Å². The molecule has 4 heteroatoms. The van der Waals surface area contributed by atoms with Crippen LogP contribution in [0.2, 0.25) is 0 Å². The highest BCUT2D eigenvalue weighted by molar-refractivity contribution is 5.69. The molecule has 0 amide bonds. The van der Waals surface area contributed by atoms with Gasteiger partial charge >= 0.3 is 5.97 Å². The number of nitrogens with two attached hydrogens (primary N) is 1. The molecule has 0 heterocycles. The molecule has 102 valence electrons. The first-order valence-electron chi connectivity index (χ1n) is 6.68. The zero-order valence-electron chi connectivity index (χ0n) is 11.2. The summed E-state index contributed by atoms with van der Waals surface area (Å²) in [5.41, 5.74) is 5.51. The Morgan fingerprint density at radius 1 is 1.18 bits per heavy atom. The van der Waals surface area contributed by atoms with Crippen LogP contribution in [0.1, 0.15) is 46.0 Å². The van der Waals surface area contributed by atoms with Crippen molar-refractivity contribution in [1.82, 2.24) is 0 Å². The summed E-state index contributed by atoms with van der Waals surface area (Å²) in [5.74, 6) is 0.421. The lowest BCUT2D eigenvalue weighted by atomic mass is 9.97. The summed E-state index contributed by atoms with van der Waals surface area (Å²) < 4.78 is 10.3. The number of ether oxygens (including phenoxy) is 2. The minimum Gasteiger partial charge on any atom is -0.463 e. The van der Waals surface area contributed by atoms with E-state index in [0.717, 1.165) is 32.3 Å². The van der Waals surface area contributed by atoms with E-state index in [4.69, 9.17) is 15.2 Å². The highest BCUT2D eigenvalue weighted by Gasteiger charge is 2.09. The Morgan fingerprint density at radius 2 is 1.94 bits per heavy atom. The molecule has 0 aromatic rings. The minimum absolute atomic E-state index is 0.124. The van der Waals surface area contributed by atoms with Crippen molar-refractivity contribution in [3.63, 3.8) is 0 Å². The van der Waals surface area contributed by atoms with Crippen LogP contribution in [0.15, 0.2) is 0 Å². The van der Waals surface area contributed by atoms with Crippen molar-refractivity contribution in [2.24, 2.45) is 11.7 Å². The second-order valence-electron chi connectivity index (χ2n) is 4.22. The molecular formula is C13H27NO3. The van der Waals surface area contributed by atoms with E-state index in [9.17, 15) is 4.79 Å². The van der Waals surface area contributed by atoms with Crippen LogP contribution >= 0.6 is 0 Å². The molecule has 0 rings (SSSR count). The van der Waals surface area contributed by atoms with Crippen LogP contribution in [-0.2, 0) is 14.3 Å². The van der Waals surface area contributed by atoms with Crippen molar-refractivity contribution in [2.45, 2.75) is 46.0 Å². The summed E-state index contributed by atoms with van der Waals surface area (Å²) in [6.07, 6.45) is 4.42. The second-order valence-corrected chi connectivity index (χ2v) is 4.22. The summed E-state index contributed by atoms with van der Waals surface area (Å²) in [7, 11) is 0. The molecule has 0 saturated carbocycles. The van der Waals surface area contributed by atoms with Gasteiger partial charge in [-0.3, -0.25) is 4.79 Å². The maximum Gasteiger partial charge on any atom is 0.305 e. The minimum atomic E-state index is -0.124. The summed E-state index contributed by atoms with van der Waals surface area (Å²) in [4.78, 5) is 11.4. The third-order valence-corrected chi connectivity index (χ3v) is 2.75. The van der Waals surface area contributed by atoms with Gasteiger partial charge in [0, 0.05) is 13.0 Å². The molecule has 0 aromatic heterocycles. The predicted octanol–water partition coefficient (Wildman–Crippen LogP) is 2.11. The van der Waals surface area contributed by atoms with Crippen LogP contribution in [0.5, 0.6) is 0 Å². The van der Waals surface area contributed by atoms with Crippen LogP contribution in [0, 0.1) is 5.92 Å². The Bertz CT molecular complexity index is 186. The SMILES string of the molecule is CCCOCCOC(=O)CCC(CC)CCN. The first kappa shape index (κ1) is 16.4. The molecule has 0 saturated heterocycles. The largest absolute Gasteiger partial charge is 0.463 e. The fraction of sp³-hybridized carbons (Fsp3) is 0.923. The van der Waals surface area contributed by atoms with E-state index in [1.54, 1.807) is 0 Å². The lowest BCUT2D eigenvalue weighted by Crippen LogP contribution is -2.14. The maximum atomic E-state index is 11.4. The first-order chi connectivity index (χ1) is 8.24. The molecule has 0 aliphatic carbocycles. The molecule has 4 nitrogen and oxygen atoms in total. The monoisotopic (exact) mass is 245 g/mol. The zero-order chi connectivity index (χ0) is 12.9. The summed E-state index contributed by atoms with van der Waals surface area (Å²) >= 11 is 0. The average Bonchev–Trinajstić information content (AvgIpc) is 2.34. The first-order valence-corrected chi connectivity index (χ1v) is 6.68. The normalized spacial score (nSPS) is 12.4. The number of hydrogen-bond donors (Lipinski definition) is 1. The molecule has 0 fully saturated rings. The Hall–Kier alpha value is -0.610. The third-order valence-electron chi connectivity index (χ3n) is 2.75. The summed E-state index contributed by atoms with van der Waals surface area (Å²) in [5, 5.41) is 0.